The smallest absolute Gasteiger partial charge is 0.262 e. The number of hydrogen-bond acceptors (Lipinski definition) is 6. The number of amidine groups is 1. The average Bonchev–Trinajstić information content (AvgIpc) is 3.20. The lowest BCUT2D eigenvalue weighted by atomic mass is 10.2. The van der Waals surface area contributed by atoms with Gasteiger partial charge in [0.1, 0.15) is 5.84 Å². The van der Waals surface area contributed by atoms with E-state index in [4.69, 9.17) is 0 Å². The van der Waals surface area contributed by atoms with Crippen LogP contribution in [0.2, 0.25) is 0 Å². The second-order valence-electron chi connectivity index (χ2n) is 7.18. The molecule has 0 saturated carbocycles. The number of hydrogen-bond donors (Lipinski definition) is 3. The Hall–Kier alpha value is -2.91. The molecular weight excluding hydrogens is 404 g/mol. The fourth-order valence-electron chi connectivity index (χ4n) is 3.17. The lowest BCUT2D eigenvalue weighted by Crippen LogP contribution is -2.37. The van der Waals surface area contributed by atoms with Crippen molar-refractivity contribution >= 4 is 33.1 Å². The van der Waals surface area contributed by atoms with Crippen LogP contribution in [0, 0.1) is 0 Å². The third-order valence-corrected chi connectivity index (χ3v) is 5.87. The number of carbonyl (C=O) groups excluding carboxylic acids is 1. The summed E-state index contributed by atoms with van der Waals surface area (Å²) >= 11 is 0. The molecular formula is C21H26N4O4S. The highest BCUT2D eigenvalue weighted by molar-refractivity contribution is 7.90. The molecule has 0 aromatic heterocycles. The molecule has 0 bridgehead atoms. The Labute approximate surface area is 176 Å². The SMILES string of the molecule is CC(O)CN(CC(=O)Nc1cccc(S(=O)(=O)NC2=NCCC2)c1)c1ccccc1. The Kier molecular flexibility index (Phi) is 7.07. The van der Waals surface area contributed by atoms with Crippen LogP contribution in [0.25, 0.3) is 0 Å². The maximum absolute atomic E-state index is 12.6. The van der Waals surface area contributed by atoms with Crippen molar-refractivity contribution in [3.63, 3.8) is 0 Å². The van der Waals surface area contributed by atoms with Gasteiger partial charge in [0, 0.05) is 30.9 Å². The molecule has 1 aliphatic rings. The van der Waals surface area contributed by atoms with Gasteiger partial charge < -0.3 is 15.3 Å². The van der Waals surface area contributed by atoms with Gasteiger partial charge in [0.05, 0.1) is 17.5 Å². The van der Waals surface area contributed by atoms with Crippen molar-refractivity contribution in [2.24, 2.45) is 4.99 Å². The molecule has 1 unspecified atom stereocenters. The standard InChI is InChI=1S/C21H26N4O4S/c1-16(26)14-25(18-8-3-2-4-9-18)15-21(27)23-17-7-5-10-19(13-17)30(28,29)24-20-11-6-12-22-20/h2-5,7-10,13,16,26H,6,11-12,14-15H2,1H3,(H,22,24)(H,23,27). The predicted octanol–water partition coefficient (Wildman–Crippen LogP) is 1.98. The Morgan fingerprint density at radius 3 is 2.63 bits per heavy atom. The summed E-state index contributed by atoms with van der Waals surface area (Å²) in [6, 6.07) is 15.4. The molecule has 2 aromatic carbocycles. The van der Waals surface area contributed by atoms with Gasteiger partial charge in [0.2, 0.25) is 5.91 Å². The van der Waals surface area contributed by atoms with Gasteiger partial charge in [-0.05, 0) is 43.7 Å². The highest BCUT2D eigenvalue weighted by atomic mass is 32.2. The number of rotatable bonds is 8. The molecule has 0 aliphatic carbocycles. The topological polar surface area (TPSA) is 111 Å². The first kappa shape index (κ1) is 21.8. The Morgan fingerprint density at radius 1 is 1.20 bits per heavy atom. The zero-order valence-corrected chi connectivity index (χ0v) is 17.6. The molecule has 8 nitrogen and oxygen atoms in total. The number of nitrogens with zero attached hydrogens (tertiary/aromatic N) is 2. The van der Waals surface area contributed by atoms with E-state index in [-0.39, 0.29) is 23.9 Å². The first-order valence-corrected chi connectivity index (χ1v) is 11.3. The third-order valence-electron chi connectivity index (χ3n) is 4.50. The molecule has 0 radical (unpaired) electrons. The molecule has 30 heavy (non-hydrogen) atoms. The van der Waals surface area contributed by atoms with E-state index in [1.165, 1.54) is 12.1 Å². The van der Waals surface area contributed by atoms with E-state index in [9.17, 15) is 18.3 Å². The van der Waals surface area contributed by atoms with Crippen LogP contribution in [-0.2, 0) is 14.8 Å². The van der Waals surface area contributed by atoms with Crippen LogP contribution < -0.4 is 14.9 Å². The van der Waals surface area contributed by atoms with E-state index in [2.05, 4.69) is 15.0 Å². The minimum Gasteiger partial charge on any atom is -0.392 e. The summed E-state index contributed by atoms with van der Waals surface area (Å²) in [5.41, 5.74) is 1.19. The van der Waals surface area contributed by atoms with E-state index in [1.54, 1.807) is 24.0 Å². The van der Waals surface area contributed by atoms with E-state index in [0.717, 1.165) is 12.1 Å². The molecule has 3 rings (SSSR count). The molecule has 1 heterocycles. The largest absolute Gasteiger partial charge is 0.392 e. The quantitative estimate of drug-likeness (QED) is 0.593. The van der Waals surface area contributed by atoms with Crippen LogP contribution in [0.1, 0.15) is 19.8 Å². The van der Waals surface area contributed by atoms with Gasteiger partial charge >= 0.3 is 0 Å². The number of benzene rings is 2. The van der Waals surface area contributed by atoms with Gasteiger partial charge in [-0.2, -0.15) is 0 Å². The Morgan fingerprint density at radius 2 is 1.97 bits per heavy atom. The van der Waals surface area contributed by atoms with Crippen LogP contribution in [0.3, 0.4) is 0 Å². The Balaban J connectivity index is 1.69. The van der Waals surface area contributed by atoms with Gasteiger partial charge in [-0.15, -0.1) is 0 Å². The van der Waals surface area contributed by atoms with Crippen LogP contribution >= 0.6 is 0 Å². The molecule has 1 amide bonds. The number of aliphatic hydroxyl groups is 1. The lowest BCUT2D eigenvalue weighted by Gasteiger charge is -2.25. The van der Waals surface area contributed by atoms with Gasteiger partial charge in [-0.25, -0.2) is 8.42 Å². The maximum atomic E-state index is 12.6. The molecule has 1 aliphatic heterocycles. The highest BCUT2D eigenvalue weighted by Crippen LogP contribution is 2.18. The number of nitrogens with one attached hydrogen (secondary N) is 2. The lowest BCUT2D eigenvalue weighted by molar-refractivity contribution is -0.115. The number of amides is 1. The fourth-order valence-corrected chi connectivity index (χ4v) is 4.31. The van der Waals surface area contributed by atoms with Crippen LogP contribution in [0.5, 0.6) is 0 Å². The molecule has 9 heteroatoms. The first-order valence-electron chi connectivity index (χ1n) is 9.77. The molecule has 0 saturated heterocycles. The molecule has 160 valence electrons. The van der Waals surface area contributed by atoms with Crippen LogP contribution in [-0.4, -0.2) is 51.0 Å². The zero-order valence-electron chi connectivity index (χ0n) is 16.8. The average molecular weight is 431 g/mol. The van der Waals surface area contributed by atoms with Gasteiger partial charge in [0.15, 0.2) is 0 Å². The van der Waals surface area contributed by atoms with Gasteiger partial charge in [-0.1, -0.05) is 24.3 Å². The predicted molar refractivity (Wildman–Crippen MR) is 117 cm³/mol. The van der Waals surface area contributed by atoms with E-state index < -0.39 is 16.1 Å². The number of para-hydroxylation sites is 1. The van der Waals surface area contributed by atoms with E-state index in [1.807, 2.05) is 30.3 Å². The Bertz CT molecular complexity index is 1010. The zero-order chi connectivity index (χ0) is 21.6. The summed E-state index contributed by atoms with van der Waals surface area (Å²) in [5, 5.41) is 12.5. The van der Waals surface area contributed by atoms with Crippen molar-refractivity contribution in [3.05, 3.63) is 54.6 Å². The van der Waals surface area contributed by atoms with Gasteiger partial charge in [-0.3, -0.25) is 14.5 Å². The minimum atomic E-state index is -3.76. The van der Waals surface area contributed by atoms with Crippen molar-refractivity contribution in [2.45, 2.75) is 30.8 Å². The summed E-state index contributed by atoms with van der Waals surface area (Å²) in [5.74, 6) is 0.142. The maximum Gasteiger partial charge on any atom is 0.262 e. The normalized spacial score (nSPS) is 14.7. The van der Waals surface area contributed by atoms with Crippen molar-refractivity contribution in [3.8, 4) is 0 Å². The monoisotopic (exact) mass is 430 g/mol. The summed E-state index contributed by atoms with van der Waals surface area (Å²) in [4.78, 5) is 18.6. The molecule has 2 aromatic rings. The van der Waals surface area contributed by atoms with Gasteiger partial charge in [0.25, 0.3) is 10.0 Å². The number of sulfonamides is 1. The number of aliphatic imine (C=N–C) groups is 1. The minimum absolute atomic E-state index is 0.0148. The van der Waals surface area contributed by atoms with Crippen molar-refractivity contribution < 1.29 is 18.3 Å². The summed E-state index contributed by atoms with van der Waals surface area (Å²) in [7, 11) is -3.76. The van der Waals surface area contributed by atoms with Crippen molar-refractivity contribution in [1.82, 2.24) is 4.72 Å². The number of anilines is 2. The molecule has 3 N–H and O–H groups in total. The van der Waals surface area contributed by atoms with E-state index in [0.29, 0.717) is 24.5 Å². The summed E-state index contributed by atoms with van der Waals surface area (Å²) < 4.78 is 27.6. The second-order valence-corrected chi connectivity index (χ2v) is 8.86. The summed E-state index contributed by atoms with van der Waals surface area (Å²) in [6.07, 6.45) is 0.822. The highest BCUT2D eigenvalue weighted by Gasteiger charge is 2.19. The summed E-state index contributed by atoms with van der Waals surface area (Å²) in [6.45, 7) is 2.58. The van der Waals surface area contributed by atoms with Crippen LogP contribution in [0.15, 0.2) is 64.5 Å². The molecule has 0 fully saturated rings. The van der Waals surface area contributed by atoms with Crippen LogP contribution in [0.4, 0.5) is 11.4 Å². The molecule has 1 atom stereocenters. The molecule has 0 spiro atoms. The number of carbonyl (C=O) groups is 1. The number of aliphatic hydroxyl groups excluding tert-OH is 1. The van der Waals surface area contributed by atoms with Crippen molar-refractivity contribution in [2.75, 3.05) is 29.9 Å². The van der Waals surface area contributed by atoms with Crippen molar-refractivity contribution in [1.29, 1.82) is 0 Å². The first-order chi connectivity index (χ1) is 14.3. The second kappa shape index (κ2) is 9.73. The fraction of sp³-hybridized carbons (Fsp3) is 0.333. The van der Waals surface area contributed by atoms with E-state index >= 15 is 0 Å². The third kappa shape index (κ3) is 6.04.